The first-order valence-electron chi connectivity index (χ1n) is 6.05. The Labute approximate surface area is 127 Å². The number of nitrogens with two attached hydrogens (primary N) is 1. The summed E-state index contributed by atoms with van der Waals surface area (Å²) in [5.41, 5.74) is 6.84. The van der Waals surface area contributed by atoms with Gasteiger partial charge in [0.2, 0.25) is 0 Å². The number of nitrogen functional groups attached to an aromatic ring is 1. The first-order valence-corrected chi connectivity index (χ1v) is 7.91. The average Bonchev–Trinajstić information content (AvgIpc) is 2.37. The molecular formula is C14H14ClFN2O2S. The van der Waals surface area contributed by atoms with Gasteiger partial charge in [-0.2, -0.15) is 0 Å². The number of anilines is 2. The van der Waals surface area contributed by atoms with Crippen LogP contribution in [0.25, 0.3) is 0 Å². The Morgan fingerprint density at radius 3 is 2.52 bits per heavy atom. The third-order valence-electron chi connectivity index (χ3n) is 2.95. The van der Waals surface area contributed by atoms with Crippen molar-refractivity contribution >= 4 is 33.0 Å². The van der Waals surface area contributed by atoms with Crippen LogP contribution in [-0.2, 0) is 10.0 Å². The monoisotopic (exact) mass is 328 g/mol. The van der Waals surface area contributed by atoms with E-state index in [2.05, 4.69) is 4.72 Å². The molecule has 2 aromatic carbocycles. The third-order valence-corrected chi connectivity index (χ3v) is 4.78. The van der Waals surface area contributed by atoms with Gasteiger partial charge in [-0.25, -0.2) is 12.8 Å². The lowest BCUT2D eigenvalue weighted by atomic mass is 10.2. The second-order valence-corrected chi connectivity index (χ2v) is 6.79. The molecule has 0 aliphatic carbocycles. The summed E-state index contributed by atoms with van der Waals surface area (Å²) in [4.78, 5) is -0.0368. The lowest BCUT2D eigenvalue weighted by molar-refractivity contribution is 0.598. The van der Waals surface area contributed by atoms with Crippen LogP contribution in [-0.4, -0.2) is 8.42 Å². The Balaban J connectivity index is 2.48. The van der Waals surface area contributed by atoms with Gasteiger partial charge in [0, 0.05) is 0 Å². The molecule has 7 heteroatoms. The smallest absolute Gasteiger partial charge is 0.262 e. The normalized spacial score (nSPS) is 11.4. The Hall–Kier alpha value is -1.79. The number of aryl methyl sites for hydroxylation is 2. The van der Waals surface area contributed by atoms with Gasteiger partial charge in [0.15, 0.2) is 0 Å². The van der Waals surface area contributed by atoms with Crippen LogP contribution in [0.4, 0.5) is 15.8 Å². The highest BCUT2D eigenvalue weighted by atomic mass is 35.5. The van der Waals surface area contributed by atoms with Crippen molar-refractivity contribution in [1.29, 1.82) is 0 Å². The zero-order valence-electron chi connectivity index (χ0n) is 11.4. The predicted molar refractivity (Wildman–Crippen MR) is 82.5 cm³/mol. The molecule has 0 aliphatic rings. The molecule has 0 spiro atoms. The zero-order valence-corrected chi connectivity index (χ0v) is 13.0. The van der Waals surface area contributed by atoms with Crippen molar-refractivity contribution < 1.29 is 12.8 Å². The molecule has 0 aromatic heterocycles. The van der Waals surface area contributed by atoms with E-state index >= 15 is 0 Å². The van der Waals surface area contributed by atoms with E-state index in [1.165, 1.54) is 24.3 Å². The van der Waals surface area contributed by atoms with Gasteiger partial charge in [-0.05, 0) is 49.2 Å². The molecule has 0 saturated carbocycles. The lowest BCUT2D eigenvalue weighted by Gasteiger charge is -2.13. The van der Waals surface area contributed by atoms with Gasteiger partial charge in [0.05, 0.1) is 21.3 Å². The van der Waals surface area contributed by atoms with Crippen LogP contribution in [0.2, 0.25) is 5.02 Å². The van der Waals surface area contributed by atoms with Gasteiger partial charge in [0.1, 0.15) is 5.82 Å². The van der Waals surface area contributed by atoms with Crippen molar-refractivity contribution in [3.63, 3.8) is 0 Å². The Morgan fingerprint density at radius 1 is 1.19 bits per heavy atom. The highest BCUT2D eigenvalue weighted by Gasteiger charge is 2.20. The van der Waals surface area contributed by atoms with E-state index < -0.39 is 15.8 Å². The minimum absolute atomic E-state index is 0.0368. The van der Waals surface area contributed by atoms with Gasteiger partial charge in [-0.1, -0.05) is 17.7 Å². The largest absolute Gasteiger partial charge is 0.397 e. The summed E-state index contributed by atoms with van der Waals surface area (Å²) < 4.78 is 40.7. The highest BCUT2D eigenvalue weighted by molar-refractivity contribution is 7.92. The number of hydrogen-bond donors (Lipinski definition) is 2. The van der Waals surface area contributed by atoms with Crippen molar-refractivity contribution in [1.82, 2.24) is 0 Å². The molecule has 0 amide bonds. The maximum absolute atomic E-state index is 13.7. The number of sulfonamides is 1. The standard InChI is InChI=1S/C14H14ClFN2O2S/c1-8-3-4-11(16)13(5-8)18-21(19,20)14-7-12(17)10(15)6-9(14)2/h3-7,18H,17H2,1-2H3. The van der Waals surface area contributed by atoms with Crippen LogP contribution in [0.15, 0.2) is 35.2 Å². The van der Waals surface area contributed by atoms with E-state index in [1.807, 2.05) is 0 Å². The molecule has 0 aliphatic heterocycles. The Bertz CT molecular complexity index is 807. The molecule has 21 heavy (non-hydrogen) atoms. The second-order valence-electron chi connectivity index (χ2n) is 4.73. The van der Waals surface area contributed by atoms with Gasteiger partial charge in [-0.15, -0.1) is 0 Å². The fraction of sp³-hybridized carbons (Fsp3) is 0.143. The number of benzene rings is 2. The van der Waals surface area contributed by atoms with Crippen molar-refractivity contribution in [3.05, 3.63) is 52.3 Å². The molecule has 0 bridgehead atoms. The fourth-order valence-corrected chi connectivity index (χ4v) is 3.41. The van der Waals surface area contributed by atoms with E-state index in [0.717, 1.165) is 5.56 Å². The highest BCUT2D eigenvalue weighted by Crippen LogP contribution is 2.28. The first kappa shape index (κ1) is 15.6. The number of rotatable bonds is 3. The van der Waals surface area contributed by atoms with Crippen LogP contribution in [0.5, 0.6) is 0 Å². The van der Waals surface area contributed by atoms with Gasteiger partial charge in [0.25, 0.3) is 10.0 Å². The molecule has 2 aromatic rings. The molecule has 0 unspecified atom stereocenters. The minimum Gasteiger partial charge on any atom is -0.397 e. The topological polar surface area (TPSA) is 72.2 Å². The van der Waals surface area contributed by atoms with E-state index in [0.29, 0.717) is 5.56 Å². The maximum atomic E-state index is 13.7. The van der Waals surface area contributed by atoms with Crippen molar-refractivity contribution in [3.8, 4) is 0 Å². The maximum Gasteiger partial charge on any atom is 0.262 e. The third kappa shape index (κ3) is 3.28. The van der Waals surface area contributed by atoms with Crippen LogP contribution in [0.3, 0.4) is 0 Å². The Morgan fingerprint density at radius 2 is 1.86 bits per heavy atom. The molecule has 2 rings (SSSR count). The quantitative estimate of drug-likeness (QED) is 0.847. The predicted octanol–water partition coefficient (Wildman–Crippen LogP) is 3.48. The first-order chi connectivity index (χ1) is 9.70. The number of nitrogens with one attached hydrogen (secondary N) is 1. The molecule has 0 atom stereocenters. The second kappa shape index (κ2) is 5.54. The van der Waals surface area contributed by atoms with Crippen LogP contribution in [0.1, 0.15) is 11.1 Å². The van der Waals surface area contributed by atoms with E-state index in [4.69, 9.17) is 17.3 Å². The van der Waals surface area contributed by atoms with Gasteiger partial charge >= 0.3 is 0 Å². The minimum atomic E-state index is -3.95. The number of halogens is 2. The molecule has 0 fully saturated rings. The summed E-state index contributed by atoms with van der Waals surface area (Å²) in [6, 6.07) is 6.89. The molecule has 4 nitrogen and oxygen atoms in total. The summed E-state index contributed by atoms with van der Waals surface area (Å²) in [6.45, 7) is 3.33. The van der Waals surface area contributed by atoms with Crippen molar-refractivity contribution in [2.24, 2.45) is 0 Å². The average molecular weight is 329 g/mol. The van der Waals surface area contributed by atoms with Crippen molar-refractivity contribution in [2.75, 3.05) is 10.5 Å². The summed E-state index contributed by atoms with van der Waals surface area (Å²) in [6.07, 6.45) is 0. The number of hydrogen-bond acceptors (Lipinski definition) is 3. The van der Waals surface area contributed by atoms with Gasteiger partial charge < -0.3 is 5.73 Å². The van der Waals surface area contributed by atoms with Crippen LogP contribution < -0.4 is 10.5 Å². The zero-order chi connectivity index (χ0) is 15.8. The van der Waals surface area contributed by atoms with Crippen molar-refractivity contribution in [2.45, 2.75) is 18.7 Å². The molecule has 3 N–H and O–H groups in total. The fourth-order valence-electron chi connectivity index (χ4n) is 1.88. The van der Waals surface area contributed by atoms with E-state index in [-0.39, 0.29) is 21.3 Å². The molecular weight excluding hydrogens is 315 g/mol. The summed E-state index contributed by atoms with van der Waals surface area (Å²) >= 11 is 5.84. The lowest BCUT2D eigenvalue weighted by Crippen LogP contribution is -2.15. The molecule has 0 saturated heterocycles. The van der Waals surface area contributed by atoms with E-state index in [9.17, 15) is 12.8 Å². The molecule has 112 valence electrons. The van der Waals surface area contributed by atoms with Gasteiger partial charge in [-0.3, -0.25) is 4.72 Å². The van der Waals surface area contributed by atoms with Crippen LogP contribution >= 0.6 is 11.6 Å². The summed E-state index contributed by atoms with van der Waals surface area (Å²) in [5, 5.41) is 0.271. The van der Waals surface area contributed by atoms with E-state index in [1.54, 1.807) is 19.9 Å². The Kier molecular flexibility index (Phi) is 4.11. The summed E-state index contributed by atoms with van der Waals surface area (Å²) in [7, 11) is -3.95. The SMILES string of the molecule is Cc1ccc(F)c(NS(=O)(=O)c2cc(N)c(Cl)cc2C)c1. The molecule has 0 heterocycles. The summed E-state index contributed by atoms with van der Waals surface area (Å²) in [5.74, 6) is -0.649. The molecule has 0 radical (unpaired) electrons. The van der Waals surface area contributed by atoms with Crippen LogP contribution in [0, 0.1) is 19.7 Å².